The fourth-order valence-corrected chi connectivity index (χ4v) is 3.10. The fourth-order valence-electron chi connectivity index (χ4n) is 2.37. The Labute approximate surface area is 143 Å². The quantitative estimate of drug-likeness (QED) is 0.660. The van der Waals surface area contributed by atoms with Gasteiger partial charge in [-0.05, 0) is 43.4 Å². The number of pyridine rings is 1. The number of fused-ring (bicyclic) bond motifs is 1. The number of amides is 1. The van der Waals surface area contributed by atoms with Crippen LogP contribution in [0.25, 0.3) is 10.9 Å². The highest BCUT2D eigenvalue weighted by Gasteiger charge is 2.14. The molecule has 1 aromatic heterocycles. The van der Waals surface area contributed by atoms with E-state index in [0.29, 0.717) is 16.6 Å². The van der Waals surface area contributed by atoms with Crippen LogP contribution in [0.4, 0.5) is 5.69 Å². The standard InChI is InChI=1S/C17H15N3O4S/c1-18-25(23,24)12-8-6-11(7-9-12)20-17(22)14-10-19-15-5-3-2-4-13(15)16(14)21/h2-10,18H,1H3,(H,19,21)(H,20,22). The van der Waals surface area contributed by atoms with E-state index in [2.05, 4.69) is 15.0 Å². The molecule has 0 aliphatic carbocycles. The smallest absolute Gasteiger partial charge is 0.261 e. The number of nitrogens with one attached hydrogen (secondary N) is 3. The summed E-state index contributed by atoms with van der Waals surface area (Å²) in [7, 11) is -2.23. The molecular weight excluding hydrogens is 342 g/mol. The zero-order valence-electron chi connectivity index (χ0n) is 13.2. The Kier molecular flexibility index (Phi) is 4.39. The molecule has 1 amide bonds. The fraction of sp³-hybridized carbons (Fsp3) is 0.0588. The summed E-state index contributed by atoms with van der Waals surface area (Å²) in [5.41, 5.74) is 0.630. The molecule has 7 nitrogen and oxygen atoms in total. The molecule has 2 aromatic carbocycles. The number of H-pyrrole nitrogens is 1. The van der Waals surface area contributed by atoms with Crippen LogP contribution in [0.15, 0.2) is 64.4 Å². The first-order chi connectivity index (χ1) is 11.9. The Morgan fingerprint density at radius 3 is 2.40 bits per heavy atom. The average molecular weight is 357 g/mol. The van der Waals surface area contributed by atoms with Gasteiger partial charge in [-0.2, -0.15) is 0 Å². The molecule has 0 fully saturated rings. The average Bonchev–Trinajstić information content (AvgIpc) is 2.62. The van der Waals surface area contributed by atoms with Crippen LogP contribution in [-0.2, 0) is 10.0 Å². The number of carbonyl (C=O) groups excluding carboxylic acids is 1. The predicted molar refractivity (Wildman–Crippen MR) is 95.2 cm³/mol. The van der Waals surface area contributed by atoms with Crippen molar-refractivity contribution in [3.63, 3.8) is 0 Å². The number of para-hydroxylation sites is 1. The van der Waals surface area contributed by atoms with Crippen molar-refractivity contribution in [3.8, 4) is 0 Å². The third-order valence-corrected chi connectivity index (χ3v) is 5.15. The molecule has 3 rings (SSSR count). The van der Waals surface area contributed by atoms with Crippen LogP contribution in [0.2, 0.25) is 0 Å². The summed E-state index contributed by atoms with van der Waals surface area (Å²) in [6, 6.07) is 12.5. The van der Waals surface area contributed by atoms with Crippen LogP contribution < -0.4 is 15.5 Å². The van der Waals surface area contributed by atoms with Crippen LogP contribution >= 0.6 is 0 Å². The number of carbonyl (C=O) groups is 1. The van der Waals surface area contributed by atoms with E-state index >= 15 is 0 Å². The van der Waals surface area contributed by atoms with E-state index in [1.165, 1.54) is 37.5 Å². The Morgan fingerprint density at radius 1 is 1.04 bits per heavy atom. The van der Waals surface area contributed by atoms with E-state index in [1.54, 1.807) is 24.3 Å². The van der Waals surface area contributed by atoms with Crippen LogP contribution in [0.1, 0.15) is 10.4 Å². The van der Waals surface area contributed by atoms with Gasteiger partial charge in [0.25, 0.3) is 5.91 Å². The highest BCUT2D eigenvalue weighted by Crippen LogP contribution is 2.15. The molecule has 0 aliphatic rings. The van der Waals surface area contributed by atoms with Gasteiger partial charge in [0, 0.05) is 22.8 Å². The van der Waals surface area contributed by atoms with Gasteiger partial charge in [0.1, 0.15) is 5.56 Å². The lowest BCUT2D eigenvalue weighted by Gasteiger charge is -2.07. The summed E-state index contributed by atoms with van der Waals surface area (Å²) in [6.45, 7) is 0. The van der Waals surface area contributed by atoms with E-state index in [1.807, 2.05) is 0 Å². The van der Waals surface area contributed by atoms with Crippen molar-refractivity contribution in [2.75, 3.05) is 12.4 Å². The number of benzene rings is 2. The predicted octanol–water partition coefficient (Wildman–Crippen LogP) is 1.69. The third-order valence-electron chi connectivity index (χ3n) is 3.72. The van der Waals surface area contributed by atoms with Gasteiger partial charge >= 0.3 is 0 Å². The van der Waals surface area contributed by atoms with Crippen molar-refractivity contribution < 1.29 is 13.2 Å². The molecule has 0 unspecified atom stereocenters. The van der Waals surface area contributed by atoms with Gasteiger partial charge in [-0.3, -0.25) is 9.59 Å². The number of hydrogen-bond acceptors (Lipinski definition) is 4. The number of aromatic amines is 1. The summed E-state index contributed by atoms with van der Waals surface area (Å²) in [4.78, 5) is 27.8. The molecule has 0 atom stereocenters. The molecule has 0 saturated carbocycles. The summed E-state index contributed by atoms with van der Waals surface area (Å²) < 4.78 is 25.6. The zero-order valence-corrected chi connectivity index (χ0v) is 14.1. The molecule has 0 saturated heterocycles. The van der Waals surface area contributed by atoms with Gasteiger partial charge in [-0.15, -0.1) is 0 Å². The zero-order chi connectivity index (χ0) is 18.0. The van der Waals surface area contributed by atoms with Crippen molar-refractivity contribution in [1.82, 2.24) is 9.71 Å². The van der Waals surface area contributed by atoms with Crippen molar-refractivity contribution in [1.29, 1.82) is 0 Å². The largest absolute Gasteiger partial charge is 0.360 e. The number of sulfonamides is 1. The lowest BCUT2D eigenvalue weighted by Crippen LogP contribution is -2.22. The number of hydrogen-bond donors (Lipinski definition) is 3. The third kappa shape index (κ3) is 3.30. The lowest BCUT2D eigenvalue weighted by molar-refractivity contribution is 0.102. The number of rotatable bonds is 4. The first-order valence-corrected chi connectivity index (χ1v) is 8.86. The topological polar surface area (TPSA) is 108 Å². The second-order valence-electron chi connectivity index (χ2n) is 5.26. The van der Waals surface area contributed by atoms with Gasteiger partial charge in [-0.25, -0.2) is 13.1 Å². The Balaban J connectivity index is 1.88. The van der Waals surface area contributed by atoms with Crippen molar-refractivity contribution in [2.24, 2.45) is 0 Å². The second kappa shape index (κ2) is 6.50. The molecule has 3 N–H and O–H groups in total. The molecule has 0 radical (unpaired) electrons. The van der Waals surface area contributed by atoms with Crippen LogP contribution in [-0.4, -0.2) is 26.4 Å². The molecule has 0 spiro atoms. The monoisotopic (exact) mass is 357 g/mol. The second-order valence-corrected chi connectivity index (χ2v) is 7.15. The lowest BCUT2D eigenvalue weighted by atomic mass is 10.1. The minimum Gasteiger partial charge on any atom is -0.360 e. The van der Waals surface area contributed by atoms with Crippen molar-refractivity contribution in [2.45, 2.75) is 4.90 Å². The summed E-state index contributed by atoms with van der Waals surface area (Å²) in [5.74, 6) is -0.573. The Morgan fingerprint density at radius 2 is 1.72 bits per heavy atom. The summed E-state index contributed by atoms with van der Waals surface area (Å²) in [6.07, 6.45) is 1.36. The minimum atomic E-state index is -3.54. The van der Waals surface area contributed by atoms with Gasteiger partial charge in [0.05, 0.1) is 4.90 Å². The highest BCUT2D eigenvalue weighted by molar-refractivity contribution is 7.89. The maximum Gasteiger partial charge on any atom is 0.261 e. The van der Waals surface area contributed by atoms with E-state index in [-0.39, 0.29) is 15.9 Å². The molecule has 0 aliphatic heterocycles. The first-order valence-electron chi connectivity index (χ1n) is 7.38. The Bertz CT molecular complexity index is 1100. The van der Waals surface area contributed by atoms with E-state index in [0.717, 1.165) is 0 Å². The normalized spacial score (nSPS) is 11.4. The Hall–Kier alpha value is -2.97. The molecule has 25 heavy (non-hydrogen) atoms. The molecular formula is C17H15N3O4S. The molecule has 128 valence electrons. The molecule has 8 heteroatoms. The molecule has 3 aromatic rings. The van der Waals surface area contributed by atoms with E-state index < -0.39 is 15.9 Å². The summed E-state index contributed by atoms with van der Waals surface area (Å²) in [5, 5.41) is 3.01. The van der Waals surface area contributed by atoms with E-state index in [9.17, 15) is 18.0 Å². The summed E-state index contributed by atoms with van der Waals surface area (Å²) >= 11 is 0. The molecule has 1 heterocycles. The van der Waals surface area contributed by atoms with Crippen LogP contribution in [0.3, 0.4) is 0 Å². The SMILES string of the molecule is CNS(=O)(=O)c1ccc(NC(=O)c2c[nH]c3ccccc3c2=O)cc1. The maximum atomic E-state index is 12.4. The van der Waals surface area contributed by atoms with E-state index in [4.69, 9.17) is 0 Å². The number of aromatic nitrogens is 1. The van der Waals surface area contributed by atoms with Crippen molar-refractivity contribution in [3.05, 3.63) is 70.5 Å². The first kappa shape index (κ1) is 16.9. The van der Waals surface area contributed by atoms with Gasteiger partial charge in [0.15, 0.2) is 0 Å². The molecule has 0 bridgehead atoms. The maximum absolute atomic E-state index is 12.4. The van der Waals surface area contributed by atoms with Gasteiger partial charge in [0.2, 0.25) is 15.5 Å². The van der Waals surface area contributed by atoms with Crippen molar-refractivity contribution >= 4 is 32.5 Å². The highest BCUT2D eigenvalue weighted by atomic mass is 32.2. The minimum absolute atomic E-state index is 0.0226. The van der Waals surface area contributed by atoms with Gasteiger partial charge in [-0.1, -0.05) is 12.1 Å². The van der Waals surface area contributed by atoms with Gasteiger partial charge < -0.3 is 10.3 Å². The van der Waals surface area contributed by atoms with Crippen LogP contribution in [0, 0.1) is 0 Å². The van der Waals surface area contributed by atoms with Crippen LogP contribution in [0.5, 0.6) is 0 Å². The number of anilines is 1.